The van der Waals surface area contributed by atoms with Crippen molar-refractivity contribution in [1.82, 2.24) is 15.1 Å². The first kappa shape index (κ1) is 17.4. The zero-order valence-electron chi connectivity index (χ0n) is 13.9. The van der Waals surface area contributed by atoms with E-state index in [1.54, 1.807) is 28.0 Å². The fourth-order valence-electron chi connectivity index (χ4n) is 4.03. The average Bonchev–Trinajstić information content (AvgIpc) is 3.23. The van der Waals surface area contributed by atoms with E-state index in [0.717, 1.165) is 12.8 Å². The van der Waals surface area contributed by atoms with Gasteiger partial charge in [-0.2, -0.15) is 0 Å². The van der Waals surface area contributed by atoms with Gasteiger partial charge >= 0.3 is 6.03 Å². The van der Waals surface area contributed by atoms with Crippen LogP contribution in [0.3, 0.4) is 0 Å². The van der Waals surface area contributed by atoms with Gasteiger partial charge in [0, 0.05) is 18.1 Å². The first-order chi connectivity index (χ1) is 12.4. The van der Waals surface area contributed by atoms with Crippen molar-refractivity contribution in [3.63, 3.8) is 0 Å². The van der Waals surface area contributed by atoms with Gasteiger partial charge in [0.2, 0.25) is 11.8 Å². The summed E-state index contributed by atoms with van der Waals surface area (Å²) in [7, 11) is 0. The van der Waals surface area contributed by atoms with Crippen molar-refractivity contribution in [3.05, 3.63) is 28.2 Å². The van der Waals surface area contributed by atoms with E-state index in [4.69, 9.17) is 23.2 Å². The Kier molecular flexibility index (Phi) is 4.44. The van der Waals surface area contributed by atoms with E-state index in [1.807, 2.05) is 0 Å². The Hall–Kier alpha value is -1.99. The summed E-state index contributed by atoms with van der Waals surface area (Å²) in [6.07, 6.45) is 2.01. The van der Waals surface area contributed by atoms with Crippen LogP contribution in [0.5, 0.6) is 0 Å². The van der Waals surface area contributed by atoms with E-state index in [0.29, 0.717) is 35.2 Å². The van der Waals surface area contributed by atoms with Gasteiger partial charge in [0.05, 0.1) is 16.8 Å². The molecule has 3 atom stereocenters. The second-order valence-electron chi connectivity index (χ2n) is 6.85. The molecule has 3 saturated heterocycles. The number of nitrogens with one attached hydrogen (secondary N) is 2. The summed E-state index contributed by atoms with van der Waals surface area (Å²) in [6, 6.07) is 3.26. The van der Waals surface area contributed by atoms with Crippen molar-refractivity contribution in [1.29, 1.82) is 0 Å². The van der Waals surface area contributed by atoms with Crippen molar-refractivity contribution in [3.8, 4) is 0 Å². The van der Waals surface area contributed by atoms with Gasteiger partial charge in [0.25, 0.3) is 0 Å². The van der Waals surface area contributed by atoms with Crippen LogP contribution < -0.4 is 10.6 Å². The molecule has 3 aliphatic rings. The molecule has 3 heterocycles. The van der Waals surface area contributed by atoms with Gasteiger partial charge in [-0.1, -0.05) is 23.2 Å². The number of rotatable bonds is 2. The quantitative estimate of drug-likeness (QED) is 0.802. The van der Waals surface area contributed by atoms with Crippen molar-refractivity contribution in [2.45, 2.75) is 37.4 Å². The minimum absolute atomic E-state index is 0.00491. The zero-order valence-corrected chi connectivity index (χ0v) is 15.4. The predicted octanol–water partition coefficient (Wildman–Crippen LogP) is 2.09. The third-order valence-corrected chi connectivity index (χ3v) is 5.77. The summed E-state index contributed by atoms with van der Waals surface area (Å²) in [5.41, 5.74) is 0.403. The summed E-state index contributed by atoms with van der Waals surface area (Å²) >= 11 is 12.0. The van der Waals surface area contributed by atoms with E-state index in [9.17, 15) is 14.4 Å². The molecule has 0 radical (unpaired) electrons. The van der Waals surface area contributed by atoms with E-state index in [1.165, 1.54) is 0 Å². The summed E-state index contributed by atoms with van der Waals surface area (Å²) in [4.78, 5) is 40.8. The SMILES string of the molecule is O=C(Nc1cc(Cl)ccc1Cl)N[C@H]1C[C@H]2C(=O)N3CCC[C@@H]3C(=O)N2C1. The van der Waals surface area contributed by atoms with Crippen LogP contribution in [0.1, 0.15) is 19.3 Å². The van der Waals surface area contributed by atoms with Gasteiger partial charge in [-0.25, -0.2) is 4.79 Å². The molecule has 9 heteroatoms. The lowest BCUT2D eigenvalue weighted by molar-refractivity contribution is -0.156. The Morgan fingerprint density at radius 1 is 1.12 bits per heavy atom. The number of amides is 4. The second-order valence-corrected chi connectivity index (χ2v) is 7.69. The highest BCUT2D eigenvalue weighted by Crippen LogP contribution is 2.32. The second kappa shape index (κ2) is 6.63. The normalized spacial score (nSPS) is 27.4. The monoisotopic (exact) mass is 396 g/mol. The molecule has 1 aromatic carbocycles. The third kappa shape index (κ3) is 2.99. The number of hydrogen-bond donors (Lipinski definition) is 2. The Morgan fingerprint density at radius 2 is 1.88 bits per heavy atom. The van der Waals surface area contributed by atoms with Crippen LogP contribution in [-0.2, 0) is 9.59 Å². The van der Waals surface area contributed by atoms with Crippen LogP contribution in [-0.4, -0.2) is 58.9 Å². The largest absolute Gasteiger partial charge is 0.333 e. The van der Waals surface area contributed by atoms with E-state index >= 15 is 0 Å². The number of hydrogen-bond acceptors (Lipinski definition) is 3. The maximum atomic E-state index is 12.6. The fraction of sp³-hybridized carbons (Fsp3) is 0.471. The average molecular weight is 397 g/mol. The molecule has 0 bridgehead atoms. The van der Waals surface area contributed by atoms with E-state index < -0.39 is 12.1 Å². The van der Waals surface area contributed by atoms with Gasteiger partial charge in [-0.05, 0) is 37.5 Å². The lowest BCUT2D eigenvalue weighted by atomic mass is 10.1. The number of anilines is 1. The number of piperazine rings is 1. The molecule has 26 heavy (non-hydrogen) atoms. The Bertz CT molecular complexity index is 757. The summed E-state index contributed by atoms with van der Waals surface area (Å²) in [6.45, 7) is 0.988. The van der Waals surface area contributed by atoms with Crippen molar-refractivity contribution < 1.29 is 14.4 Å². The van der Waals surface area contributed by atoms with Crippen molar-refractivity contribution in [2.24, 2.45) is 0 Å². The number of carbonyl (C=O) groups is 3. The molecule has 4 amide bonds. The third-order valence-electron chi connectivity index (χ3n) is 5.20. The number of nitrogens with zero attached hydrogens (tertiary/aromatic N) is 2. The highest BCUT2D eigenvalue weighted by molar-refractivity contribution is 6.35. The van der Waals surface area contributed by atoms with Crippen molar-refractivity contribution in [2.75, 3.05) is 18.4 Å². The molecule has 0 spiro atoms. The van der Waals surface area contributed by atoms with Gasteiger partial charge in [0.15, 0.2) is 0 Å². The van der Waals surface area contributed by atoms with Crippen LogP contribution >= 0.6 is 23.2 Å². The first-order valence-corrected chi connectivity index (χ1v) is 9.33. The number of fused-ring (bicyclic) bond motifs is 2. The molecular weight excluding hydrogens is 379 g/mol. The molecule has 0 aromatic heterocycles. The highest BCUT2D eigenvalue weighted by atomic mass is 35.5. The molecule has 1 aromatic rings. The number of benzene rings is 1. The topological polar surface area (TPSA) is 81.8 Å². The van der Waals surface area contributed by atoms with Gasteiger partial charge in [-0.3, -0.25) is 9.59 Å². The van der Waals surface area contributed by atoms with Crippen molar-refractivity contribution >= 4 is 46.7 Å². The molecule has 0 aliphatic carbocycles. The van der Waals surface area contributed by atoms with Gasteiger partial charge < -0.3 is 20.4 Å². The Morgan fingerprint density at radius 3 is 2.69 bits per heavy atom. The van der Waals surface area contributed by atoms with Crippen LogP contribution in [0.25, 0.3) is 0 Å². The van der Waals surface area contributed by atoms with Crippen LogP contribution in [0.15, 0.2) is 18.2 Å². The number of carbonyl (C=O) groups excluding carboxylic acids is 3. The highest BCUT2D eigenvalue weighted by Gasteiger charge is 2.51. The number of halogens is 2. The standard InChI is InChI=1S/C17H18Cl2N4O3/c18-9-3-4-11(19)12(6-9)21-17(26)20-10-7-14-16(25)22-5-1-2-13(22)15(24)23(14)8-10/h3-4,6,10,13-14H,1-2,5,7-8H2,(H2,20,21,26)/t10-,13+,14-/m0/s1. The first-order valence-electron chi connectivity index (χ1n) is 8.57. The molecule has 7 nitrogen and oxygen atoms in total. The van der Waals surface area contributed by atoms with E-state index in [2.05, 4.69) is 10.6 Å². The van der Waals surface area contributed by atoms with Gasteiger partial charge in [-0.15, -0.1) is 0 Å². The van der Waals surface area contributed by atoms with E-state index in [-0.39, 0.29) is 23.9 Å². The fourth-order valence-corrected chi connectivity index (χ4v) is 4.36. The number of urea groups is 1. The summed E-state index contributed by atoms with van der Waals surface area (Å²) < 4.78 is 0. The summed E-state index contributed by atoms with van der Waals surface area (Å²) in [5, 5.41) is 6.31. The minimum Gasteiger partial charge on any atom is -0.333 e. The van der Waals surface area contributed by atoms with Crippen LogP contribution in [0, 0.1) is 0 Å². The van der Waals surface area contributed by atoms with Crippen LogP contribution in [0.4, 0.5) is 10.5 Å². The maximum absolute atomic E-state index is 12.6. The molecule has 2 N–H and O–H groups in total. The van der Waals surface area contributed by atoms with Crippen LogP contribution in [0.2, 0.25) is 10.0 Å². The molecule has 0 saturated carbocycles. The zero-order chi connectivity index (χ0) is 18.4. The Labute approximate surface area is 160 Å². The molecule has 3 aliphatic heterocycles. The lowest BCUT2D eigenvalue weighted by Crippen LogP contribution is -2.60. The Balaban J connectivity index is 1.41. The molecule has 3 fully saturated rings. The molecule has 0 unspecified atom stereocenters. The van der Waals surface area contributed by atoms with Gasteiger partial charge in [0.1, 0.15) is 12.1 Å². The molecular formula is C17H18Cl2N4O3. The molecule has 138 valence electrons. The molecule has 4 rings (SSSR count). The predicted molar refractivity (Wildman–Crippen MR) is 97.3 cm³/mol. The smallest absolute Gasteiger partial charge is 0.319 e. The lowest BCUT2D eigenvalue weighted by Gasteiger charge is -2.38. The summed E-state index contributed by atoms with van der Waals surface area (Å²) in [5.74, 6) is -0.00983. The minimum atomic E-state index is -0.475. The maximum Gasteiger partial charge on any atom is 0.319 e.